The van der Waals surface area contributed by atoms with Gasteiger partial charge in [-0.3, -0.25) is 10.1 Å². The highest BCUT2D eigenvalue weighted by Crippen LogP contribution is 2.29. The van der Waals surface area contributed by atoms with Crippen molar-refractivity contribution in [3.63, 3.8) is 0 Å². The van der Waals surface area contributed by atoms with Crippen LogP contribution in [0.15, 0.2) is 36.5 Å². The van der Waals surface area contributed by atoms with Gasteiger partial charge in [-0.15, -0.1) is 0 Å². The van der Waals surface area contributed by atoms with Crippen LogP contribution in [0.1, 0.15) is 12.8 Å². The molecule has 24 heavy (non-hydrogen) atoms. The summed E-state index contributed by atoms with van der Waals surface area (Å²) in [7, 11) is 1.38. The summed E-state index contributed by atoms with van der Waals surface area (Å²) in [6.45, 7) is 1.02. The van der Waals surface area contributed by atoms with Gasteiger partial charge in [0.2, 0.25) is 0 Å². The standard InChI is InChI=1S/C17H19N3O3S/c1-23-15(21)13-8-5-9-20(11-13)17(22)19-16-18-10-14(24-16)12-6-3-2-4-7-12/h2-4,6-7,10,13H,5,8-9,11H2,1H3,(H,18,19,22)/t13-/m0/s1. The summed E-state index contributed by atoms with van der Waals surface area (Å²) in [6.07, 6.45) is 3.30. The van der Waals surface area contributed by atoms with Gasteiger partial charge in [-0.1, -0.05) is 41.7 Å². The zero-order chi connectivity index (χ0) is 16.9. The Bertz CT molecular complexity index is 717. The van der Waals surface area contributed by atoms with E-state index in [1.54, 1.807) is 11.1 Å². The van der Waals surface area contributed by atoms with E-state index in [9.17, 15) is 9.59 Å². The summed E-state index contributed by atoms with van der Waals surface area (Å²) in [6, 6.07) is 9.68. The smallest absolute Gasteiger partial charge is 0.323 e. The van der Waals surface area contributed by atoms with Gasteiger partial charge in [-0.2, -0.15) is 0 Å². The fraction of sp³-hybridized carbons (Fsp3) is 0.353. The molecule has 0 aliphatic carbocycles. The molecule has 0 bridgehead atoms. The van der Waals surface area contributed by atoms with Crippen LogP contribution >= 0.6 is 11.3 Å². The molecule has 3 rings (SSSR count). The number of aromatic nitrogens is 1. The van der Waals surface area contributed by atoms with Crippen LogP contribution < -0.4 is 5.32 Å². The highest BCUT2D eigenvalue weighted by atomic mass is 32.1. The van der Waals surface area contributed by atoms with Crippen molar-refractivity contribution in [2.45, 2.75) is 12.8 Å². The summed E-state index contributed by atoms with van der Waals surface area (Å²) in [5.41, 5.74) is 1.07. The molecule has 126 valence electrons. The number of hydrogen-bond acceptors (Lipinski definition) is 5. The second kappa shape index (κ2) is 7.44. The molecule has 2 heterocycles. The molecular formula is C17H19N3O3S. The Morgan fingerprint density at radius 1 is 1.33 bits per heavy atom. The molecule has 1 aromatic carbocycles. The van der Waals surface area contributed by atoms with E-state index in [4.69, 9.17) is 4.74 Å². The Kier molecular flexibility index (Phi) is 5.10. The van der Waals surface area contributed by atoms with Gasteiger partial charge >= 0.3 is 12.0 Å². The minimum atomic E-state index is -0.256. The number of hydrogen-bond donors (Lipinski definition) is 1. The van der Waals surface area contributed by atoms with Crippen LogP contribution in [0, 0.1) is 5.92 Å². The summed E-state index contributed by atoms with van der Waals surface area (Å²) in [4.78, 5) is 31.0. The number of anilines is 1. The normalized spacial score (nSPS) is 17.4. The number of urea groups is 1. The highest BCUT2D eigenvalue weighted by Gasteiger charge is 2.29. The van der Waals surface area contributed by atoms with E-state index < -0.39 is 0 Å². The number of nitrogens with one attached hydrogen (secondary N) is 1. The number of benzene rings is 1. The summed E-state index contributed by atoms with van der Waals surface area (Å²) >= 11 is 1.43. The van der Waals surface area contributed by atoms with Gasteiger partial charge in [0.25, 0.3) is 0 Å². The molecule has 1 aromatic heterocycles. The average Bonchev–Trinajstić information content (AvgIpc) is 3.10. The van der Waals surface area contributed by atoms with Crippen molar-refractivity contribution in [3.05, 3.63) is 36.5 Å². The predicted octanol–water partition coefficient (Wildman–Crippen LogP) is 3.23. The Morgan fingerprint density at radius 3 is 2.88 bits per heavy atom. The van der Waals surface area contributed by atoms with E-state index in [-0.39, 0.29) is 17.9 Å². The first-order chi connectivity index (χ1) is 11.7. The van der Waals surface area contributed by atoms with E-state index in [2.05, 4.69) is 10.3 Å². The zero-order valence-electron chi connectivity index (χ0n) is 13.4. The minimum Gasteiger partial charge on any atom is -0.469 e. The number of thiazole rings is 1. The molecule has 1 saturated heterocycles. The average molecular weight is 345 g/mol. The third-order valence-electron chi connectivity index (χ3n) is 4.02. The molecule has 1 aliphatic rings. The van der Waals surface area contributed by atoms with E-state index in [1.165, 1.54) is 18.4 Å². The van der Waals surface area contributed by atoms with Crippen LogP contribution in [0.4, 0.5) is 9.93 Å². The highest BCUT2D eigenvalue weighted by molar-refractivity contribution is 7.19. The first-order valence-electron chi connectivity index (χ1n) is 7.82. The predicted molar refractivity (Wildman–Crippen MR) is 92.9 cm³/mol. The molecule has 1 atom stereocenters. The van der Waals surface area contributed by atoms with Crippen molar-refractivity contribution in [1.82, 2.24) is 9.88 Å². The van der Waals surface area contributed by atoms with Crippen molar-refractivity contribution in [2.24, 2.45) is 5.92 Å². The summed E-state index contributed by atoms with van der Waals surface area (Å²) in [5.74, 6) is -0.501. The number of rotatable bonds is 3. The molecule has 1 aliphatic heterocycles. The second-order valence-corrected chi connectivity index (χ2v) is 6.66. The third kappa shape index (κ3) is 3.73. The molecule has 0 saturated carbocycles. The van der Waals surface area contributed by atoms with Crippen LogP contribution in [0.25, 0.3) is 10.4 Å². The number of nitrogens with zero attached hydrogens (tertiary/aromatic N) is 2. The van der Waals surface area contributed by atoms with Crippen molar-refractivity contribution in [1.29, 1.82) is 0 Å². The number of methoxy groups -OCH3 is 1. The fourth-order valence-electron chi connectivity index (χ4n) is 2.76. The number of esters is 1. The molecule has 1 N–H and O–H groups in total. The van der Waals surface area contributed by atoms with Crippen molar-refractivity contribution in [3.8, 4) is 10.4 Å². The lowest BCUT2D eigenvalue weighted by Crippen LogP contribution is -2.44. The molecule has 6 nitrogen and oxygen atoms in total. The van der Waals surface area contributed by atoms with Gasteiger partial charge in [0.15, 0.2) is 5.13 Å². The number of ether oxygens (including phenoxy) is 1. The summed E-state index contributed by atoms with van der Waals surface area (Å²) < 4.78 is 4.78. The quantitative estimate of drug-likeness (QED) is 0.867. The lowest BCUT2D eigenvalue weighted by Gasteiger charge is -2.30. The first-order valence-corrected chi connectivity index (χ1v) is 8.64. The number of likely N-dealkylation sites (tertiary alicyclic amines) is 1. The van der Waals surface area contributed by atoms with Crippen LogP contribution in [-0.2, 0) is 9.53 Å². The first kappa shape index (κ1) is 16.4. The van der Waals surface area contributed by atoms with E-state index >= 15 is 0 Å². The minimum absolute atomic E-state index is 0.224. The topological polar surface area (TPSA) is 71.5 Å². The number of amides is 2. The van der Waals surface area contributed by atoms with Crippen LogP contribution in [0.3, 0.4) is 0 Å². The van der Waals surface area contributed by atoms with Gasteiger partial charge in [-0.25, -0.2) is 9.78 Å². The molecular weight excluding hydrogens is 326 g/mol. The number of carbonyl (C=O) groups excluding carboxylic acids is 2. The Labute approximate surface area is 144 Å². The Morgan fingerprint density at radius 2 is 2.12 bits per heavy atom. The molecule has 2 amide bonds. The van der Waals surface area contributed by atoms with Crippen LogP contribution in [0.5, 0.6) is 0 Å². The zero-order valence-corrected chi connectivity index (χ0v) is 14.2. The SMILES string of the molecule is COC(=O)[C@H]1CCCN(C(=O)Nc2ncc(-c3ccccc3)s2)C1. The van der Waals surface area contributed by atoms with Gasteiger partial charge in [0, 0.05) is 19.3 Å². The number of carbonyl (C=O) groups is 2. The van der Waals surface area contributed by atoms with Gasteiger partial charge in [0.1, 0.15) is 0 Å². The molecule has 2 aromatic rings. The maximum absolute atomic E-state index is 12.4. The molecule has 0 spiro atoms. The maximum Gasteiger partial charge on any atom is 0.323 e. The monoisotopic (exact) mass is 345 g/mol. The van der Waals surface area contributed by atoms with Gasteiger partial charge in [0.05, 0.1) is 17.9 Å². The third-order valence-corrected chi connectivity index (χ3v) is 4.98. The number of piperidine rings is 1. The van der Waals surface area contributed by atoms with Crippen LogP contribution in [-0.4, -0.2) is 42.1 Å². The lowest BCUT2D eigenvalue weighted by atomic mass is 9.98. The second-order valence-electron chi connectivity index (χ2n) is 5.63. The van der Waals surface area contributed by atoms with E-state index in [0.29, 0.717) is 18.2 Å². The Balaban J connectivity index is 1.63. The fourth-order valence-corrected chi connectivity index (χ4v) is 3.57. The van der Waals surface area contributed by atoms with Crippen LogP contribution in [0.2, 0.25) is 0 Å². The van der Waals surface area contributed by atoms with Crippen molar-refractivity contribution < 1.29 is 14.3 Å². The van der Waals surface area contributed by atoms with Gasteiger partial charge < -0.3 is 9.64 Å². The summed E-state index contributed by atoms with van der Waals surface area (Å²) in [5, 5.41) is 3.38. The Hall–Kier alpha value is -2.41. The van der Waals surface area contributed by atoms with E-state index in [1.807, 2.05) is 30.3 Å². The molecule has 0 unspecified atom stereocenters. The maximum atomic E-state index is 12.4. The molecule has 0 radical (unpaired) electrons. The van der Waals surface area contributed by atoms with Crippen molar-refractivity contribution >= 4 is 28.5 Å². The van der Waals surface area contributed by atoms with E-state index in [0.717, 1.165) is 23.3 Å². The van der Waals surface area contributed by atoms with Crippen molar-refractivity contribution in [2.75, 3.05) is 25.5 Å². The molecule has 7 heteroatoms. The van der Waals surface area contributed by atoms with Gasteiger partial charge in [-0.05, 0) is 18.4 Å². The largest absolute Gasteiger partial charge is 0.469 e. The lowest BCUT2D eigenvalue weighted by molar-refractivity contribution is -0.146. The molecule has 1 fully saturated rings.